The Kier molecular flexibility index (Phi) is 9.64. The maximum absolute atomic E-state index is 13.6. The van der Waals surface area contributed by atoms with E-state index in [4.69, 9.17) is 4.74 Å². The number of hydrogen-bond donors (Lipinski definition) is 2. The van der Waals surface area contributed by atoms with Gasteiger partial charge in [0.2, 0.25) is 11.8 Å². The molecule has 0 radical (unpaired) electrons. The van der Waals surface area contributed by atoms with E-state index in [-0.39, 0.29) is 29.5 Å². The predicted octanol–water partition coefficient (Wildman–Crippen LogP) is 3.21. The van der Waals surface area contributed by atoms with Crippen molar-refractivity contribution in [3.8, 4) is 0 Å². The van der Waals surface area contributed by atoms with Gasteiger partial charge in [-0.15, -0.1) is 11.8 Å². The first-order chi connectivity index (χ1) is 17.5. The van der Waals surface area contributed by atoms with E-state index in [2.05, 4.69) is 29.3 Å². The molecular weight excluding hydrogens is 492 g/mol. The number of allylic oxidation sites excluding steroid dienone is 1. The van der Waals surface area contributed by atoms with Crippen LogP contribution in [0.25, 0.3) is 0 Å². The summed E-state index contributed by atoms with van der Waals surface area (Å²) in [5.74, 6) is -0.364. The number of carbonyl (C=O) groups excluding carboxylic acids is 4. The van der Waals surface area contributed by atoms with Crippen molar-refractivity contribution in [3.63, 3.8) is 0 Å². The first-order valence-corrected chi connectivity index (χ1v) is 13.8. The number of carbonyl (C=O) groups is 4. The van der Waals surface area contributed by atoms with Gasteiger partial charge < -0.3 is 20.3 Å². The molecule has 1 unspecified atom stereocenters. The van der Waals surface area contributed by atoms with Crippen LogP contribution >= 0.6 is 11.8 Å². The highest BCUT2D eigenvalue weighted by Crippen LogP contribution is 2.31. The predicted molar refractivity (Wildman–Crippen MR) is 144 cm³/mol. The summed E-state index contributed by atoms with van der Waals surface area (Å²) in [6.45, 7) is 10.7. The van der Waals surface area contributed by atoms with Crippen LogP contribution in [0.1, 0.15) is 57.7 Å². The molecule has 1 fully saturated rings. The molecule has 202 valence electrons. The lowest BCUT2D eigenvalue weighted by Crippen LogP contribution is -2.57. The number of nitrogens with zero attached hydrogens (tertiary/aromatic N) is 2. The van der Waals surface area contributed by atoms with E-state index in [1.807, 2.05) is 26.0 Å². The molecular formula is C27H38N4O5S. The minimum atomic E-state index is -0.876. The molecule has 1 aliphatic carbocycles. The molecule has 0 saturated carbocycles. The molecule has 0 aromatic heterocycles. The molecule has 1 heterocycles. The van der Waals surface area contributed by atoms with Gasteiger partial charge in [-0.2, -0.15) is 0 Å². The van der Waals surface area contributed by atoms with Gasteiger partial charge in [-0.1, -0.05) is 44.7 Å². The van der Waals surface area contributed by atoms with Gasteiger partial charge in [0.1, 0.15) is 12.1 Å². The highest BCUT2D eigenvalue weighted by atomic mass is 32.2. The lowest BCUT2D eigenvalue weighted by Gasteiger charge is -2.33. The number of thioether (sulfide) groups is 1. The summed E-state index contributed by atoms with van der Waals surface area (Å²) < 4.78 is 4.98. The van der Waals surface area contributed by atoms with Crippen LogP contribution in [0.2, 0.25) is 0 Å². The summed E-state index contributed by atoms with van der Waals surface area (Å²) in [5, 5.41) is 5.30. The van der Waals surface area contributed by atoms with Crippen molar-refractivity contribution in [1.82, 2.24) is 20.4 Å². The van der Waals surface area contributed by atoms with Crippen molar-refractivity contribution < 1.29 is 23.9 Å². The van der Waals surface area contributed by atoms with Gasteiger partial charge in [0, 0.05) is 19.3 Å². The van der Waals surface area contributed by atoms with Gasteiger partial charge in [-0.05, 0) is 50.2 Å². The summed E-state index contributed by atoms with van der Waals surface area (Å²) in [6.07, 6.45) is 2.15. The van der Waals surface area contributed by atoms with E-state index in [9.17, 15) is 19.2 Å². The van der Waals surface area contributed by atoms with Crippen LogP contribution in [-0.4, -0.2) is 70.4 Å². The number of nitrogens with one attached hydrogen (secondary N) is 2. The molecule has 0 bridgehead atoms. The van der Waals surface area contributed by atoms with Gasteiger partial charge >= 0.3 is 6.09 Å². The molecule has 0 spiro atoms. The van der Waals surface area contributed by atoms with Crippen molar-refractivity contribution in [2.75, 3.05) is 19.3 Å². The molecule has 37 heavy (non-hydrogen) atoms. The Labute approximate surface area is 223 Å². The van der Waals surface area contributed by atoms with E-state index < -0.39 is 29.5 Å². The molecule has 1 aromatic carbocycles. The van der Waals surface area contributed by atoms with Gasteiger partial charge in [0.25, 0.3) is 5.91 Å². The van der Waals surface area contributed by atoms with Crippen LogP contribution in [0.15, 0.2) is 36.6 Å². The molecule has 4 atom stereocenters. The Morgan fingerprint density at radius 3 is 2.57 bits per heavy atom. The van der Waals surface area contributed by atoms with Crippen molar-refractivity contribution >= 4 is 35.6 Å². The highest BCUT2D eigenvalue weighted by molar-refractivity contribution is 8.00. The zero-order chi connectivity index (χ0) is 27.3. The number of ether oxygens (including phenoxy) is 1. The maximum Gasteiger partial charge on any atom is 0.415 e. The third-order valence-electron chi connectivity index (χ3n) is 6.82. The average Bonchev–Trinajstić information content (AvgIpc) is 3.35. The molecule has 1 aromatic rings. The fourth-order valence-electron chi connectivity index (χ4n) is 4.58. The van der Waals surface area contributed by atoms with E-state index in [1.165, 1.54) is 31.3 Å². The summed E-state index contributed by atoms with van der Waals surface area (Å²) >= 11 is 1.43. The number of fused-ring (bicyclic) bond motifs is 1. The van der Waals surface area contributed by atoms with Crippen LogP contribution in [0.4, 0.5) is 4.79 Å². The number of aryl methyl sites for hydroxylation is 1. The zero-order valence-electron chi connectivity index (χ0n) is 22.3. The third-order valence-corrected chi connectivity index (χ3v) is 8.03. The summed E-state index contributed by atoms with van der Waals surface area (Å²) in [7, 11) is 1.45. The summed E-state index contributed by atoms with van der Waals surface area (Å²) in [4.78, 5) is 54.8. The van der Waals surface area contributed by atoms with Crippen LogP contribution < -0.4 is 10.6 Å². The van der Waals surface area contributed by atoms with Gasteiger partial charge in [-0.3, -0.25) is 19.3 Å². The number of rotatable bonds is 8. The second-order valence-corrected chi connectivity index (χ2v) is 11.2. The molecule has 2 N–H and O–H groups in total. The van der Waals surface area contributed by atoms with E-state index in [0.29, 0.717) is 12.3 Å². The zero-order valence-corrected chi connectivity index (χ0v) is 23.1. The molecule has 2 aliphatic rings. The minimum Gasteiger partial charge on any atom is -0.416 e. The highest BCUT2D eigenvalue weighted by Gasteiger charge is 2.40. The quantitative estimate of drug-likeness (QED) is 0.500. The molecule has 3 rings (SSSR count). The second kappa shape index (κ2) is 12.5. The number of hydrogen-bond acceptors (Lipinski definition) is 6. The molecule has 9 nitrogen and oxygen atoms in total. The van der Waals surface area contributed by atoms with Crippen LogP contribution in [0.3, 0.4) is 0 Å². The average molecular weight is 531 g/mol. The van der Waals surface area contributed by atoms with Crippen molar-refractivity contribution in [1.29, 1.82) is 0 Å². The first-order valence-electron chi connectivity index (χ1n) is 12.7. The normalized spacial score (nSPS) is 20.4. The SMILES string of the molecule is C=C(C)OC(=O)N(C)[C@@H](C)C(=O)N[C@H](C(=O)N1CCSC1C(=O)N[C@@H]1CCCc2ccccc21)C(C)C. The standard InChI is InChI=1S/C27H38N4O5S/c1-16(2)22(29-23(32)18(5)30(6)27(35)36-17(3)4)25(34)31-14-15-37-26(31)24(33)28-21-13-9-11-19-10-7-8-12-20(19)21/h7-8,10,12,16,18,21-22,26H,3,9,11,13-15H2,1-2,4-6H3,(H,28,33)(H,29,32)/t18-,21+,22-,26?/m0/s1. The van der Waals surface area contributed by atoms with Gasteiger partial charge in [0.15, 0.2) is 5.37 Å². The molecule has 4 amide bonds. The van der Waals surface area contributed by atoms with Crippen LogP contribution in [-0.2, 0) is 25.5 Å². The first kappa shape index (κ1) is 28.6. The lowest BCUT2D eigenvalue weighted by atomic mass is 9.88. The fourth-order valence-corrected chi connectivity index (χ4v) is 5.71. The smallest absolute Gasteiger partial charge is 0.415 e. The van der Waals surface area contributed by atoms with Crippen molar-refractivity contribution in [2.45, 2.75) is 70.5 Å². The maximum atomic E-state index is 13.6. The van der Waals surface area contributed by atoms with Crippen molar-refractivity contribution in [3.05, 3.63) is 47.7 Å². The number of benzene rings is 1. The monoisotopic (exact) mass is 530 g/mol. The Morgan fingerprint density at radius 2 is 1.89 bits per heavy atom. The lowest BCUT2D eigenvalue weighted by molar-refractivity contribution is -0.141. The van der Waals surface area contributed by atoms with Crippen LogP contribution in [0, 0.1) is 5.92 Å². The largest absolute Gasteiger partial charge is 0.416 e. The summed E-state index contributed by atoms with van der Waals surface area (Å²) in [5.41, 5.74) is 2.39. The second-order valence-electron chi connectivity index (χ2n) is 9.99. The van der Waals surface area contributed by atoms with Crippen molar-refractivity contribution in [2.24, 2.45) is 5.92 Å². The third kappa shape index (κ3) is 6.85. The van der Waals surface area contributed by atoms with Crippen LogP contribution in [0.5, 0.6) is 0 Å². The van der Waals surface area contributed by atoms with Gasteiger partial charge in [0.05, 0.1) is 11.8 Å². The van der Waals surface area contributed by atoms with Gasteiger partial charge in [-0.25, -0.2) is 4.79 Å². The Bertz CT molecular complexity index is 1050. The summed E-state index contributed by atoms with van der Waals surface area (Å²) in [6, 6.07) is 6.35. The number of likely N-dealkylation sites (N-methyl/N-ethyl adjacent to an activating group) is 1. The molecule has 1 saturated heterocycles. The Hall–Kier alpha value is -3.01. The minimum absolute atomic E-state index is 0.0773. The van der Waals surface area contributed by atoms with E-state index in [1.54, 1.807) is 11.8 Å². The van der Waals surface area contributed by atoms with E-state index in [0.717, 1.165) is 29.7 Å². The molecule has 10 heteroatoms. The number of amides is 4. The van der Waals surface area contributed by atoms with E-state index >= 15 is 0 Å². The fraction of sp³-hybridized carbons (Fsp3) is 0.556. The Balaban J connectivity index is 1.67. The molecule has 1 aliphatic heterocycles. The Morgan fingerprint density at radius 1 is 1.19 bits per heavy atom. The topological polar surface area (TPSA) is 108 Å².